The summed E-state index contributed by atoms with van der Waals surface area (Å²) in [5.41, 5.74) is 5.56. The Bertz CT molecular complexity index is 1220. The monoisotopic (exact) mass is 608 g/mol. The van der Waals surface area contributed by atoms with Crippen molar-refractivity contribution in [2.24, 2.45) is 0 Å². The van der Waals surface area contributed by atoms with Crippen LogP contribution in [0.3, 0.4) is 0 Å². The smallest absolute Gasteiger partial charge is 0.0809 e. The minimum Gasteiger partial charge on any atom is -0.168 e. The van der Waals surface area contributed by atoms with E-state index in [0.717, 1.165) is 15.9 Å². The molecule has 0 aromatic heterocycles. The average Bonchev–Trinajstić information content (AvgIpc) is 3.56. The summed E-state index contributed by atoms with van der Waals surface area (Å²) in [4.78, 5) is 0. The van der Waals surface area contributed by atoms with E-state index in [4.69, 9.17) is 17.0 Å². The Balaban J connectivity index is 0.000000250. The molecule has 5 rings (SSSR count). The van der Waals surface area contributed by atoms with Gasteiger partial charge < -0.3 is 0 Å². The van der Waals surface area contributed by atoms with Gasteiger partial charge in [-0.05, 0) is 30.4 Å². The van der Waals surface area contributed by atoms with E-state index in [0.29, 0.717) is 0 Å². The second-order valence-electron chi connectivity index (χ2n) is 8.55. The van der Waals surface area contributed by atoms with Crippen LogP contribution in [0.25, 0.3) is 32.7 Å². The Hall–Kier alpha value is -1.44. The van der Waals surface area contributed by atoms with Gasteiger partial charge in [0.2, 0.25) is 0 Å². The van der Waals surface area contributed by atoms with Crippen molar-refractivity contribution in [1.29, 1.82) is 0 Å². The summed E-state index contributed by atoms with van der Waals surface area (Å²) in [6, 6.07) is 35.1. The Kier molecular flexibility index (Phi) is 15.3. The van der Waals surface area contributed by atoms with Gasteiger partial charge >= 0.3 is 37.9 Å². The molecule has 0 aliphatic heterocycles. The van der Waals surface area contributed by atoms with Crippen molar-refractivity contribution in [2.45, 2.75) is 52.6 Å². The molecular weight excluding hydrogens is 575 g/mol. The third kappa shape index (κ3) is 9.79. The molecule has 0 atom stereocenters. The normalized spacial score (nSPS) is 9.83. The molecule has 0 unspecified atom stereocenters. The third-order valence-electron chi connectivity index (χ3n) is 5.85. The first-order valence-electron chi connectivity index (χ1n) is 12.5. The average molecular weight is 611 g/mol. The van der Waals surface area contributed by atoms with Gasteiger partial charge in [0.05, 0.1) is 0 Å². The Morgan fingerprint density at radius 2 is 1.50 bits per heavy atom. The largest absolute Gasteiger partial charge is 0.168 e. The molecule has 0 bridgehead atoms. The number of rotatable bonds is 5. The van der Waals surface area contributed by atoms with Gasteiger partial charge in [0.1, 0.15) is 0 Å². The zero-order valence-electron chi connectivity index (χ0n) is 21.8. The van der Waals surface area contributed by atoms with Gasteiger partial charge in [-0.15, -0.1) is 64.2 Å². The Labute approximate surface area is 239 Å². The molecule has 5 aromatic rings. The first kappa shape index (κ1) is 30.8. The molecule has 0 saturated heterocycles. The van der Waals surface area contributed by atoms with Crippen molar-refractivity contribution in [3.63, 3.8) is 0 Å². The van der Waals surface area contributed by atoms with E-state index >= 15 is 0 Å². The number of halogens is 2. The molecule has 5 aromatic carbocycles. The number of benzene rings is 3. The van der Waals surface area contributed by atoms with E-state index in [1.807, 2.05) is 0 Å². The Morgan fingerprint density at radius 1 is 0.833 bits per heavy atom. The maximum Gasteiger partial charge on any atom is -0.0809 e. The van der Waals surface area contributed by atoms with Gasteiger partial charge in [0, 0.05) is 9.52 Å². The molecule has 0 aliphatic carbocycles. The number of hydrogen-bond acceptors (Lipinski definition) is 0. The quantitative estimate of drug-likeness (QED) is 0.137. The van der Waals surface area contributed by atoms with E-state index in [-0.39, 0.29) is 0 Å². The summed E-state index contributed by atoms with van der Waals surface area (Å²) in [5, 5.41) is 5.41. The van der Waals surface area contributed by atoms with Crippen molar-refractivity contribution in [1.82, 2.24) is 0 Å². The van der Waals surface area contributed by atoms with Gasteiger partial charge in [-0.3, -0.25) is 0 Å². The molecule has 0 aliphatic rings. The topological polar surface area (TPSA) is 0 Å². The van der Waals surface area contributed by atoms with E-state index < -0.39 is 20.8 Å². The SMILES string of the molecule is CCCCc1ccc(-c2cccc3[cH-]c(CC)cc23)cc1.C[Si]C.[Cl][Zr+2][Cl].c1ccc2[cH-]ccc2c1. The van der Waals surface area contributed by atoms with Crippen LogP contribution in [-0.4, -0.2) is 9.52 Å². The standard InChI is InChI=1S/C21H23.C9H7.C2H6Si.2ClH.Zr/c1-3-5-7-17-10-12-18(13-11-17)20-9-6-8-19-14-16(4-2)15-21(19)20;1-2-5-9-7-3-6-8(9)4-1;1-3-2;;;/h6,8-15H,3-5,7H2,1-2H3;1-7H;1-2H3;2*1H;/q2*-1;;;;+4/p-2. The summed E-state index contributed by atoms with van der Waals surface area (Å²) >= 11 is -0.826. The van der Waals surface area contributed by atoms with Gasteiger partial charge in [-0.25, -0.2) is 0 Å². The summed E-state index contributed by atoms with van der Waals surface area (Å²) in [6.07, 6.45) is 4.83. The van der Waals surface area contributed by atoms with Crippen LogP contribution in [0.2, 0.25) is 13.1 Å². The molecule has 186 valence electrons. The van der Waals surface area contributed by atoms with Crippen LogP contribution >= 0.6 is 17.0 Å². The number of fused-ring (bicyclic) bond motifs is 2. The maximum absolute atomic E-state index is 4.93. The molecule has 0 fully saturated rings. The summed E-state index contributed by atoms with van der Waals surface area (Å²) in [5.74, 6) is 0. The molecule has 2 radical (unpaired) electrons. The molecule has 0 heterocycles. The third-order valence-corrected chi connectivity index (χ3v) is 5.85. The fraction of sp³-hybridized carbons (Fsp3) is 0.250. The zero-order valence-corrected chi connectivity index (χ0v) is 26.8. The van der Waals surface area contributed by atoms with Gasteiger partial charge in [0.15, 0.2) is 0 Å². The van der Waals surface area contributed by atoms with E-state index in [1.165, 1.54) is 63.1 Å². The van der Waals surface area contributed by atoms with Gasteiger partial charge in [-0.1, -0.05) is 75.3 Å². The van der Waals surface area contributed by atoms with Crippen LogP contribution in [0.5, 0.6) is 0 Å². The predicted molar refractivity (Wildman–Crippen MR) is 162 cm³/mol. The molecule has 0 N–H and O–H groups in total. The summed E-state index contributed by atoms with van der Waals surface area (Å²) < 4.78 is 0. The van der Waals surface area contributed by atoms with E-state index in [1.54, 1.807) is 0 Å². The number of unbranched alkanes of at least 4 members (excludes halogenated alkanes) is 1. The van der Waals surface area contributed by atoms with Crippen molar-refractivity contribution in [2.75, 3.05) is 0 Å². The first-order chi connectivity index (χ1) is 17.6. The molecule has 0 saturated carbocycles. The second-order valence-corrected chi connectivity index (χ2v) is 13.3. The minimum atomic E-state index is -0.826. The number of aryl methyl sites for hydroxylation is 2. The Morgan fingerprint density at radius 3 is 2.14 bits per heavy atom. The molecule has 4 heteroatoms. The predicted octanol–water partition coefficient (Wildman–Crippen LogP) is 10.9. The molecule has 0 amide bonds. The van der Waals surface area contributed by atoms with Crippen LogP contribution < -0.4 is 0 Å². The van der Waals surface area contributed by atoms with E-state index in [9.17, 15) is 0 Å². The fourth-order valence-electron chi connectivity index (χ4n) is 4.05. The van der Waals surface area contributed by atoms with E-state index in [2.05, 4.69) is 124 Å². The van der Waals surface area contributed by atoms with Crippen LogP contribution in [-0.2, 0) is 33.7 Å². The fourth-order valence-corrected chi connectivity index (χ4v) is 4.05. The van der Waals surface area contributed by atoms with Crippen LogP contribution in [0.4, 0.5) is 0 Å². The van der Waals surface area contributed by atoms with Crippen LogP contribution in [0.1, 0.15) is 37.8 Å². The van der Waals surface area contributed by atoms with Crippen molar-refractivity contribution in [3.8, 4) is 11.1 Å². The molecule has 0 spiro atoms. The summed E-state index contributed by atoms with van der Waals surface area (Å²) in [6.45, 7) is 8.77. The van der Waals surface area contributed by atoms with Crippen LogP contribution in [0.15, 0.2) is 97.1 Å². The zero-order chi connectivity index (χ0) is 26.2. The molecule has 36 heavy (non-hydrogen) atoms. The van der Waals surface area contributed by atoms with Gasteiger partial charge in [-0.2, -0.15) is 23.6 Å². The summed E-state index contributed by atoms with van der Waals surface area (Å²) in [7, 11) is 11.0. The maximum atomic E-state index is 4.93. The van der Waals surface area contributed by atoms with Crippen molar-refractivity contribution >= 4 is 48.1 Å². The van der Waals surface area contributed by atoms with Crippen molar-refractivity contribution in [3.05, 3.63) is 108 Å². The van der Waals surface area contributed by atoms with Gasteiger partial charge in [0.25, 0.3) is 0 Å². The minimum absolute atomic E-state index is 0.826. The van der Waals surface area contributed by atoms with Crippen molar-refractivity contribution < 1.29 is 20.8 Å². The molecule has 0 nitrogen and oxygen atoms in total. The molecular formula is C32H36Cl2SiZr. The van der Waals surface area contributed by atoms with Crippen LogP contribution in [0, 0.1) is 0 Å². The first-order valence-corrected chi connectivity index (χ1v) is 20.9. The number of hydrogen-bond donors (Lipinski definition) is 0. The second kappa shape index (κ2) is 17.9.